The van der Waals surface area contributed by atoms with E-state index in [9.17, 15) is 14.4 Å². The minimum Gasteiger partial charge on any atom is -0.451 e. The van der Waals surface area contributed by atoms with Gasteiger partial charge >= 0.3 is 10.8 Å². The number of hydrogen-bond acceptors (Lipinski definition) is 5. The fourth-order valence-electron chi connectivity index (χ4n) is 1.98. The number of thiazole rings is 1. The van der Waals surface area contributed by atoms with Gasteiger partial charge in [0, 0.05) is 16.8 Å². The van der Waals surface area contributed by atoms with Crippen LogP contribution >= 0.6 is 11.3 Å². The van der Waals surface area contributed by atoms with Gasteiger partial charge in [-0.3, -0.25) is 19.0 Å². The maximum absolute atomic E-state index is 12.0. The number of aromatic nitrogens is 1. The minimum atomic E-state index is -0.947. The highest BCUT2D eigenvalue weighted by Crippen LogP contribution is 2.10. The van der Waals surface area contributed by atoms with Crippen molar-refractivity contribution in [2.75, 3.05) is 5.32 Å². The summed E-state index contributed by atoms with van der Waals surface area (Å²) in [4.78, 5) is 35.3. The molecule has 0 aliphatic rings. The second kappa shape index (κ2) is 7.23. The van der Waals surface area contributed by atoms with Gasteiger partial charge in [-0.05, 0) is 38.5 Å². The number of nitrogens with one attached hydrogen (secondary N) is 1. The lowest BCUT2D eigenvalue weighted by molar-refractivity contribution is -0.153. The Balaban J connectivity index is 1.93. The number of aryl methyl sites for hydroxylation is 2. The summed E-state index contributed by atoms with van der Waals surface area (Å²) in [6, 6.07) is 7.32. The quantitative estimate of drug-likeness (QED) is 0.850. The van der Waals surface area contributed by atoms with Crippen LogP contribution in [0.1, 0.15) is 18.2 Å². The summed E-state index contributed by atoms with van der Waals surface area (Å²) in [6.07, 6.45) is -0.947. The van der Waals surface area contributed by atoms with Crippen LogP contribution in [0.4, 0.5) is 5.69 Å². The Morgan fingerprint density at radius 2 is 2.09 bits per heavy atom. The molecule has 0 aliphatic carbocycles. The lowest BCUT2D eigenvalue weighted by atomic mass is 10.2. The van der Waals surface area contributed by atoms with Crippen LogP contribution in [0.2, 0.25) is 0 Å². The third-order valence-electron chi connectivity index (χ3n) is 3.23. The number of amides is 1. The van der Waals surface area contributed by atoms with Gasteiger partial charge in [-0.15, -0.1) is 0 Å². The number of carbonyl (C=O) groups is 2. The van der Waals surface area contributed by atoms with Crippen molar-refractivity contribution in [3.63, 3.8) is 0 Å². The number of rotatable bonds is 5. The third kappa shape index (κ3) is 4.53. The summed E-state index contributed by atoms with van der Waals surface area (Å²) < 4.78 is 6.41. The largest absolute Gasteiger partial charge is 0.451 e. The summed E-state index contributed by atoms with van der Waals surface area (Å²) in [6.45, 7) is 4.95. The van der Waals surface area contributed by atoms with Crippen molar-refractivity contribution >= 4 is 28.9 Å². The Labute approximate surface area is 137 Å². The first-order chi connectivity index (χ1) is 10.9. The van der Waals surface area contributed by atoms with E-state index in [1.54, 1.807) is 18.4 Å². The topological polar surface area (TPSA) is 77.4 Å². The molecule has 1 aromatic carbocycles. The monoisotopic (exact) mass is 334 g/mol. The summed E-state index contributed by atoms with van der Waals surface area (Å²) in [5, 5.41) is 4.36. The molecular weight excluding hydrogens is 316 g/mol. The molecule has 1 aromatic heterocycles. The van der Waals surface area contributed by atoms with Crippen LogP contribution < -0.4 is 10.2 Å². The number of carbonyl (C=O) groups excluding carboxylic acids is 2. The number of benzene rings is 1. The first-order valence-corrected chi connectivity index (χ1v) is 7.96. The molecule has 7 heteroatoms. The lowest BCUT2D eigenvalue weighted by Gasteiger charge is -2.14. The Hall–Kier alpha value is -2.41. The number of nitrogens with zero attached hydrogens (tertiary/aromatic N) is 1. The van der Waals surface area contributed by atoms with Crippen LogP contribution in [0, 0.1) is 13.8 Å². The Morgan fingerprint density at radius 3 is 2.70 bits per heavy atom. The molecule has 1 amide bonds. The first kappa shape index (κ1) is 17.0. The van der Waals surface area contributed by atoms with Crippen molar-refractivity contribution < 1.29 is 14.3 Å². The van der Waals surface area contributed by atoms with Crippen LogP contribution in [-0.4, -0.2) is 22.5 Å². The van der Waals surface area contributed by atoms with Gasteiger partial charge in [0.25, 0.3) is 5.91 Å². The van der Waals surface area contributed by atoms with Gasteiger partial charge in [0.1, 0.15) is 6.54 Å². The Morgan fingerprint density at radius 1 is 1.35 bits per heavy atom. The predicted molar refractivity (Wildman–Crippen MR) is 88.7 cm³/mol. The molecule has 0 aliphatic heterocycles. The average molecular weight is 334 g/mol. The molecule has 0 radical (unpaired) electrons. The molecule has 2 aromatic rings. The SMILES string of the molecule is Cc1cccc(NC(=O)[C@@H](C)OC(=O)Cn2c(C)csc2=O)c1. The molecule has 0 saturated carbocycles. The summed E-state index contributed by atoms with van der Waals surface area (Å²) in [7, 11) is 0. The molecule has 0 bridgehead atoms. The van der Waals surface area contributed by atoms with Gasteiger partial charge < -0.3 is 10.1 Å². The zero-order valence-corrected chi connectivity index (χ0v) is 14.0. The Bertz CT molecular complexity index is 778. The van der Waals surface area contributed by atoms with Gasteiger partial charge in [0.2, 0.25) is 0 Å². The molecule has 0 fully saturated rings. The molecule has 0 spiro atoms. The van der Waals surface area contributed by atoms with E-state index in [1.165, 1.54) is 11.5 Å². The molecule has 0 saturated heterocycles. The van der Waals surface area contributed by atoms with E-state index in [4.69, 9.17) is 4.74 Å². The van der Waals surface area contributed by atoms with Crippen molar-refractivity contribution in [2.24, 2.45) is 0 Å². The normalized spacial score (nSPS) is 11.8. The first-order valence-electron chi connectivity index (χ1n) is 7.09. The van der Waals surface area contributed by atoms with Crippen LogP contribution in [0.5, 0.6) is 0 Å². The minimum absolute atomic E-state index is 0.198. The second-order valence-corrected chi connectivity index (χ2v) is 6.04. The highest BCUT2D eigenvalue weighted by molar-refractivity contribution is 7.07. The summed E-state index contributed by atoms with van der Waals surface area (Å²) in [5.41, 5.74) is 2.34. The fourth-order valence-corrected chi connectivity index (χ4v) is 2.71. The molecule has 23 heavy (non-hydrogen) atoms. The number of ether oxygens (including phenoxy) is 1. The molecule has 0 unspecified atom stereocenters. The molecule has 1 heterocycles. The average Bonchev–Trinajstić information content (AvgIpc) is 2.79. The fraction of sp³-hybridized carbons (Fsp3) is 0.312. The van der Waals surface area contributed by atoms with Crippen LogP contribution in [0.15, 0.2) is 34.4 Å². The lowest BCUT2D eigenvalue weighted by Crippen LogP contribution is -2.32. The van der Waals surface area contributed by atoms with Crippen molar-refractivity contribution in [3.8, 4) is 0 Å². The molecule has 6 nitrogen and oxygen atoms in total. The Kier molecular flexibility index (Phi) is 5.33. The smallest absolute Gasteiger partial charge is 0.326 e. The van der Waals surface area contributed by atoms with E-state index < -0.39 is 18.0 Å². The highest BCUT2D eigenvalue weighted by Gasteiger charge is 2.19. The molecule has 2 rings (SSSR count). The zero-order valence-electron chi connectivity index (χ0n) is 13.2. The second-order valence-electron chi connectivity index (χ2n) is 5.22. The molecular formula is C16H18N2O4S. The zero-order chi connectivity index (χ0) is 17.0. The van der Waals surface area contributed by atoms with E-state index in [0.29, 0.717) is 11.4 Å². The standard InChI is InChI=1S/C16H18N2O4S/c1-10-5-4-6-13(7-10)17-15(20)12(3)22-14(19)8-18-11(2)9-23-16(18)21/h4-7,9,12H,8H2,1-3H3,(H,17,20)/t12-/m1/s1. The van der Waals surface area contributed by atoms with Crippen molar-refractivity contribution in [2.45, 2.75) is 33.4 Å². The van der Waals surface area contributed by atoms with Crippen molar-refractivity contribution in [1.29, 1.82) is 0 Å². The maximum atomic E-state index is 12.0. The van der Waals surface area contributed by atoms with Crippen LogP contribution in [0.25, 0.3) is 0 Å². The van der Waals surface area contributed by atoms with E-state index in [1.807, 2.05) is 25.1 Å². The van der Waals surface area contributed by atoms with Crippen molar-refractivity contribution in [1.82, 2.24) is 4.57 Å². The van der Waals surface area contributed by atoms with Crippen molar-refractivity contribution in [3.05, 3.63) is 50.6 Å². The van der Waals surface area contributed by atoms with E-state index >= 15 is 0 Å². The van der Waals surface area contributed by atoms with Crippen LogP contribution in [0.3, 0.4) is 0 Å². The number of anilines is 1. The summed E-state index contributed by atoms with van der Waals surface area (Å²) >= 11 is 1.02. The summed E-state index contributed by atoms with van der Waals surface area (Å²) in [5.74, 6) is -1.04. The molecule has 122 valence electrons. The number of hydrogen-bond donors (Lipinski definition) is 1. The van der Waals surface area contributed by atoms with E-state index in [-0.39, 0.29) is 11.4 Å². The predicted octanol–water partition coefficient (Wildman–Crippen LogP) is 2.10. The van der Waals surface area contributed by atoms with Gasteiger partial charge in [-0.25, -0.2) is 0 Å². The van der Waals surface area contributed by atoms with E-state index in [2.05, 4.69) is 5.32 Å². The molecule has 1 atom stereocenters. The maximum Gasteiger partial charge on any atom is 0.326 e. The van der Waals surface area contributed by atoms with Gasteiger partial charge in [0.05, 0.1) is 0 Å². The van der Waals surface area contributed by atoms with E-state index in [0.717, 1.165) is 16.9 Å². The third-order valence-corrected chi connectivity index (χ3v) is 4.11. The van der Waals surface area contributed by atoms with Crippen LogP contribution in [-0.2, 0) is 20.9 Å². The highest BCUT2D eigenvalue weighted by atomic mass is 32.1. The number of esters is 1. The van der Waals surface area contributed by atoms with Gasteiger partial charge in [-0.2, -0.15) is 0 Å². The van der Waals surface area contributed by atoms with Gasteiger partial charge in [0.15, 0.2) is 6.10 Å². The van der Waals surface area contributed by atoms with Gasteiger partial charge in [-0.1, -0.05) is 23.5 Å². The molecule has 1 N–H and O–H groups in total.